The summed E-state index contributed by atoms with van der Waals surface area (Å²) in [4.78, 5) is 4.82. The van der Waals surface area contributed by atoms with Crippen LogP contribution in [0.25, 0.3) is 5.65 Å². The van der Waals surface area contributed by atoms with Gasteiger partial charge in [0, 0.05) is 18.9 Å². The van der Waals surface area contributed by atoms with Gasteiger partial charge in [-0.1, -0.05) is 30.3 Å². The summed E-state index contributed by atoms with van der Waals surface area (Å²) < 4.78 is 4.06. The van der Waals surface area contributed by atoms with Gasteiger partial charge in [0.2, 0.25) is 0 Å². The number of hydrogen-bond acceptors (Lipinski definition) is 6. The molecule has 2 aliphatic rings. The monoisotopic (exact) mass is 452 g/mol. The van der Waals surface area contributed by atoms with Crippen LogP contribution in [-0.4, -0.2) is 29.6 Å². The molecule has 8 heteroatoms. The molecule has 8 nitrogen and oxygen atoms in total. The molecule has 0 bridgehead atoms. The Morgan fingerprint density at radius 3 is 2.79 bits per heavy atom. The highest BCUT2D eigenvalue weighted by molar-refractivity contribution is 5.43. The molecular formula is C26H28N8. The molecule has 2 atom stereocenters. The van der Waals surface area contributed by atoms with E-state index < -0.39 is 11.0 Å². The van der Waals surface area contributed by atoms with Crippen LogP contribution in [0.2, 0.25) is 0 Å². The van der Waals surface area contributed by atoms with Crippen LogP contribution in [0.1, 0.15) is 67.2 Å². The van der Waals surface area contributed by atoms with Crippen molar-refractivity contribution in [3.63, 3.8) is 0 Å². The standard InChI is InChI=1S/C26H28N8/c1-19-10-13-33-16-21(29-23(33)14-19)15-28-26(24-30-31-32-34(24)22-8-5-9-22)12-11-25(17-26,18-27)20-6-3-2-4-7-20/h2-4,6-7,10,13-14,16,22,28H,5,8-9,11-12,15,17H2,1H3. The average Bonchev–Trinajstić information content (AvgIpc) is 3.55. The van der Waals surface area contributed by atoms with E-state index in [-0.39, 0.29) is 0 Å². The quantitative estimate of drug-likeness (QED) is 0.475. The SMILES string of the molecule is Cc1ccn2cc(CNC3(c4nnnn4C4CCC4)CCC(C#N)(c4ccccc4)C3)nc2c1. The topological polar surface area (TPSA) is 96.7 Å². The van der Waals surface area contributed by atoms with Crippen LogP contribution in [0.4, 0.5) is 0 Å². The molecule has 3 heterocycles. The van der Waals surface area contributed by atoms with Crippen LogP contribution in [0.15, 0.2) is 54.9 Å². The summed E-state index contributed by atoms with van der Waals surface area (Å²) in [6, 6.07) is 17.3. The molecule has 2 aliphatic carbocycles. The molecule has 172 valence electrons. The van der Waals surface area contributed by atoms with E-state index in [1.54, 1.807) is 0 Å². The maximum absolute atomic E-state index is 10.4. The van der Waals surface area contributed by atoms with E-state index in [1.807, 2.05) is 33.5 Å². The third kappa shape index (κ3) is 3.39. The van der Waals surface area contributed by atoms with Crippen LogP contribution in [-0.2, 0) is 17.5 Å². The molecule has 1 aromatic carbocycles. The second-order valence-electron chi connectivity index (χ2n) is 9.91. The van der Waals surface area contributed by atoms with E-state index in [4.69, 9.17) is 4.98 Å². The average molecular weight is 453 g/mol. The Bertz CT molecular complexity index is 1360. The number of benzene rings is 1. The van der Waals surface area contributed by atoms with Gasteiger partial charge in [0.25, 0.3) is 0 Å². The Labute approximate surface area is 198 Å². The lowest BCUT2D eigenvalue weighted by atomic mass is 9.78. The van der Waals surface area contributed by atoms with E-state index >= 15 is 0 Å². The molecule has 34 heavy (non-hydrogen) atoms. The number of rotatable bonds is 6. The molecule has 0 saturated heterocycles. The van der Waals surface area contributed by atoms with Gasteiger partial charge in [-0.15, -0.1) is 5.10 Å². The maximum Gasteiger partial charge on any atom is 0.171 e. The summed E-state index contributed by atoms with van der Waals surface area (Å²) in [5, 5.41) is 27.2. The molecule has 0 amide bonds. The lowest BCUT2D eigenvalue weighted by molar-refractivity contribution is 0.232. The van der Waals surface area contributed by atoms with E-state index in [2.05, 4.69) is 64.3 Å². The molecule has 0 radical (unpaired) electrons. The Hall–Kier alpha value is -3.57. The summed E-state index contributed by atoms with van der Waals surface area (Å²) >= 11 is 0. The summed E-state index contributed by atoms with van der Waals surface area (Å²) in [6.45, 7) is 2.65. The lowest BCUT2D eigenvalue weighted by Crippen LogP contribution is -2.44. The number of nitriles is 1. The van der Waals surface area contributed by atoms with E-state index in [1.165, 1.54) is 12.0 Å². The lowest BCUT2D eigenvalue weighted by Gasteiger charge is -2.34. The van der Waals surface area contributed by atoms with Gasteiger partial charge in [-0.2, -0.15) is 5.26 Å². The summed E-state index contributed by atoms with van der Waals surface area (Å²) in [7, 11) is 0. The summed E-state index contributed by atoms with van der Waals surface area (Å²) in [5.41, 5.74) is 3.06. The molecule has 2 fully saturated rings. The minimum atomic E-state index is -0.583. The first-order valence-electron chi connectivity index (χ1n) is 12.1. The van der Waals surface area contributed by atoms with Crippen molar-refractivity contribution in [3.05, 3.63) is 77.5 Å². The normalized spacial score (nSPS) is 24.8. The highest BCUT2D eigenvalue weighted by atomic mass is 15.6. The van der Waals surface area contributed by atoms with Gasteiger partial charge in [0.15, 0.2) is 5.82 Å². The Kier molecular flexibility index (Phi) is 4.96. The van der Waals surface area contributed by atoms with Crippen LogP contribution < -0.4 is 5.32 Å². The zero-order valence-corrected chi connectivity index (χ0v) is 19.4. The van der Waals surface area contributed by atoms with Crippen molar-refractivity contribution in [2.75, 3.05) is 0 Å². The van der Waals surface area contributed by atoms with Gasteiger partial charge < -0.3 is 4.40 Å². The Balaban J connectivity index is 1.37. The molecule has 2 saturated carbocycles. The number of imidazole rings is 1. The van der Waals surface area contributed by atoms with Gasteiger partial charge >= 0.3 is 0 Å². The molecule has 0 aliphatic heterocycles. The van der Waals surface area contributed by atoms with Crippen molar-refractivity contribution in [2.24, 2.45) is 0 Å². The van der Waals surface area contributed by atoms with Gasteiger partial charge in [-0.05, 0) is 79.1 Å². The number of hydrogen-bond donors (Lipinski definition) is 1. The number of fused-ring (bicyclic) bond motifs is 1. The van der Waals surface area contributed by atoms with Crippen LogP contribution in [0.3, 0.4) is 0 Å². The number of tetrazole rings is 1. The van der Waals surface area contributed by atoms with Gasteiger partial charge in [-0.25, -0.2) is 9.67 Å². The van der Waals surface area contributed by atoms with Crippen molar-refractivity contribution >= 4 is 5.65 Å². The first-order chi connectivity index (χ1) is 16.6. The van der Waals surface area contributed by atoms with Gasteiger partial charge in [-0.3, -0.25) is 5.32 Å². The molecule has 4 aromatic rings. The first kappa shape index (κ1) is 21.0. The Morgan fingerprint density at radius 2 is 2.03 bits per heavy atom. The first-order valence-corrected chi connectivity index (χ1v) is 12.1. The number of pyridine rings is 1. The second-order valence-corrected chi connectivity index (χ2v) is 9.91. The molecule has 2 unspecified atom stereocenters. The fraction of sp³-hybridized carbons (Fsp3) is 0.423. The molecular weight excluding hydrogens is 424 g/mol. The molecule has 3 aromatic heterocycles. The smallest absolute Gasteiger partial charge is 0.171 e. The van der Waals surface area contributed by atoms with E-state index in [0.29, 0.717) is 19.0 Å². The zero-order chi connectivity index (χ0) is 23.2. The predicted molar refractivity (Wildman–Crippen MR) is 127 cm³/mol. The van der Waals surface area contributed by atoms with E-state index in [9.17, 15) is 5.26 Å². The van der Waals surface area contributed by atoms with Crippen molar-refractivity contribution in [1.29, 1.82) is 5.26 Å². The van der Waals surface area contributed by atoms with Gasteiger partial charge in [0.1, 0.15) is 5.65 Å². The second kappa shape index (κ2) is 8.03. The molecule has 1 N–H and O–H groups in total. The minimum Gasteiger partial charge on any atom is -0.307 e. The maximum atomic E-state index is 10.4. The van der Waals surface area contributed by atoms with Crippen molar-refractivity contribution < 1.29 is 0 Å². The van der Waals surface area contributed by atoms with Crippen molar-refractivity contribution in [3.8, 4) is 6.07 Å². The van der Waals surface area contributed by atoms with Crippen LogP contribution in [0, 0.1) is 18.3 Å². The molecule has 6 rings (SSSR count). The predicted octanol–water partition coefficient (Wildman–Crippen LogP) is 3.98. The van der Waals surface area contributed by atoms with Crippen LogP contribution >= 0.6 is 0 Å². The third-order valence-corrected chi connectivity index (χ3v) is 7.74. The number of nitrogens with zero attached hydrogens (tertiary/aromatic N) is 7. The largest absolute Gasteiger partial charge is 0.307 e. The number of aromatic nitrogens is 6. The van der Waals surface area contributed by atoms with Crippen molar-refractivity contribution in [1.82, 2.24) is 34.9 Å². The minimum absolute atomic E-state index is 0.343. The fourth-order valence-corrected chi connectivity index (χ4v) is 5.57. The van der Waals surface area contributed by atoms with Gasteiger partial charge in [0.05, 0.1) is 28.8 Å². The van der Waals surface area contributed by atoms with Crippen LogP contribution in [0.5, 0.6) is 0 Å². The zero-order valence-electron chi connectivity index (χ0n) is 19.4. The number of aryl methyl sites for hydroxylation is 1. The third-order valence-electron chi connectivity index (χ3n) is 7.74. The summed E-state index contributed by atoms with van der Waals surface area (Å²) in [6.07, 6.45) is 9.67. The Morgan fingerprint density at radius 1 is 1.18 bits per heavy atom. The van der Waals surface area contributed by atoms with Crippen molar-refractivity contribution in [2.45, 2.75) is 69.0 Å². The highest BCUT2D eigenvalue weighted by Gasteiger charge is 2.53. The molecule has 0 spiro atoms. The summed E-state index contributed by atoms with van der Waals surface area (Å²) in [5.74, 6) is 0.852. The fourth-order valence-electron chi connectivity index (χ4n) is 5.57. The number of nitrogens with one attached hydrogen (secondary N) is 1. The van der Waals surface area contributed by atoms with E-state index in [0.717, 1.165) is 48.4 Å². The highest BCUT2D eigenvalue weighted by Crippen LogP contribution is 2.51.